The summed E-state index contributed by atoms with van der Waals surface area (Å²) < 4.78 is 5.68. The third kappa shape index (κ3) is 2.69. The zero-order valence-electron chi connectivity index (χ0n) is 10.9. The van der Waals surface area contributed by atoms with Gasteiger partial charge < -0.3 is 9.64 Å². The predicted octanol–water partition coefficient (Wildman–Crippen LogP) is 1.86. The third-order valence-electron chi connectivity index (χ3n) is 3.25. The Bertz CT molecular complexity index is 617. The molecule has 100 valence electrons. The molecular weight excluding hydrogens is 252 g/mol. The number of ether oxygens (including phenoxy) is 1. The van der Waals surface area contributed by atoms with E-state index in [0.717, 1.165) is 24.7 Å². The first-order valence-electron chi connectivity index (χ1n) is 6.50. The Morgan fingerprint density at radius 2 is 2.20 bits per heavy atom. The normalized spacial score (nSPS) is 14.4. The van der Waals surface area contributed by atoms with E-state index in [-0.39, 0.29) is 0 Å². The average molecular weight is 266 g/mol. The van der Waals surface area contributed by atoms with Gasteiger partial charge in [-0.1, -0.05) is 6.07 Å². The van der Waals surface area contributed by atoms with E-state index in [2.05, 4.69) is 20.9 Å². The van der Waals surface area contributed by atoms with Gasteiger partial charge in [0.15, 0.2) is 0 Å². The number of hydrogen-bond donors (Lipinski definition) is 0. The largest absolute Gasteiger partial charge is 0.492 e. The second kappa shape index (κ2) is 5.57. The van der Waals surface area contributed by atoms with Gasteiger partial charge in [-0.2, -0.15) is 5.26 Å². The molecule has 1 fully saturated rings. The summed E-state index contributed by atoms with van der Waals surface area (Å²) in [7, 11) is 0. The SMILES string of the molecule is N#Cc1cccc(N2CC(COc3cccnc3)C2)n1. The van der Waals surface area contributed by atoms with Crippen LogP contribution in [-0.4, -0.2) is 29.7 Å². The van der Waals surface area contributed by atoms with Crippen LogP contribution in [0.25, 0.3) is 0 Å². The second-order valence-corrected chi connectivity index (χ2v) is 4.76. The molecule has 1 saturated heterocycles. The molecule has 0 atom stereocenters. The number of hydrogen-bond acceptors (Lipinski definition) is 5. The van der Waals surface area contributed by atoms with Gasteiger partial charge in [0.2, 0.25) is 0 Å². The van der Waals surface area contributed by atoms with Crippen LogP contribution in [0, 0.1) is 17.2 Å². The predicted molar refractivity (Wildman–Crippen MR) is 74.4 cm³/mol. The van der Waals surface area contributed by atoms with Gasteiger partial charge in [-0.25, -0.2) is 4.98 Å². The summed E-state index contributed by atoms with van der Waals surface area (Å²) in [6.45, 7) is 2.49. The second-order valence-electron chi connectivity index (χ2n) is 4.76. The minimum absolute atomic E-state index is 0.456. The van der Waals surface area contributed by atoms with E-state index in [1.54, 1.807) is 18.5 Å². The van der Waals surface area contributed by atoms with Crippen LogP contribution in [0.2, 0.25) is 0 Å². The molecule has 20 heavy (non-hydrogen) atoms. The third-order valence-corrected chi connectivity index (χ3v) is 3.25. The molecule has 2 aromatic heterocycles. The molecule has 0 N–H and O–H groups in total. The average Bonchev–Trinajstić information content (AvgIpc) is 2.47. The summed E-state index contributed by atoms with van der Waals surface area (Å²) in [6.07, 6.45) is 3.44. The molecule has 0 aliphatic carbocycles. The molecule has 0 spiro atoms. The van der Waals surface area contributed by atoms with Gasteiger partial charge in [0.25, 0.3) is 0 Å². The molecule has 3 heterocycles. The van der Waals surface area contributed by atoms with Crippen molar-refractivity contribution in [1.82, 2.24) is 9.97 Å². The molecule has 0 amide bonds. The fourth-order valence-corrected chi connectivity index (χ4v) is 2.17. The van der Waals surface area contributed by atoms with Crippen LogP contribution in [0.5, 0.6) is 5.75 Å². The Labute approximate surface area is 117 Å². The minimum atomic E-state index is 0.456. The summed E-state index contributed by atoms with van der Waals surface area (Å²) in [5.74, 6) is 2.15. The van der Waals surface area contributed by atoms with E-state index in [9.17, 15) is 0 Å². The Morgan fingerprint density at radius 3 is 2.95 bits per heavy atom. The number of rotatable bonds is 4. The number of anilines is 1. The van der Waals surface area contributed by atoms with Gasteiger partial charge in [0, 0.05) is 25.2 Å². The topological polar surface area (TPSA) is 62.0 Å². The highest BCUT2D eigenvalue weighted by Crippen LogP contribution is 2.23. The van der Waals surface area contributed by atoms with E-state index < -0.39 is 0 Å². The van der Waals surface area contributed by atoms with Crippen molar-refractivity contribution in [2.75, 3.05) is 24.6 Å². The van der Waals surface area contributed by atoms with Crippen LogP contribution in [0.3, 0.4) is 0 Å². The molecule has 0 saturated carbocycles. The summed E-state index contributed by atoms with van der Waals surface area (Å²) in [5.41, 5.74) is 0.456. The molecular formula is C15H14N4O. The summed E-state index contributed by atoms with van der Waals surface area (Å²) in [5, 5.41) is 8.84. The highest BCUT2D eigenvalue weighted by molar-refractivity contribution is 5.44. The molecule has 0 aromatic carbocycles. The van der Waals surface area contributed by atoms with Crippen LogP contribution in [0.15, 0.2) is 42.7 Å². The molecule has 1 aliphatic rings. The molecule has 1 aliphatic heterocycles. The highest BCUT2D eigenvalue weighted by Gasteiger charge is 2.28. The molecule has 5 nitrogen and oxygen atoms in total. The number of nitriles is 1. The van der Waals surface area contributed by atoms with Crippen molar-refractivity contribution < 1.29 is 4.74 Å². The Hall–Kier alpha value is -2.61. The van der Waals surface area contributed by atoms with Crippen molar-refractivity contribution in [2.24, 2.45) is 5.92 Å². The van der Waals surface area contributed by atoms with Gasteiger partial charge in [-0.3, -0.25) is 4.98 Å². The zero-order valence-corrected chi connectivity index (χ0v) is 10.9. The maximum absolute atomic E-state index is 8.84. The lowest BCUT2D eigenvalue weighted by atomic mass is 10.0. The number of aromatic nitrogens is 2. The van der Waals surface area contributed by atoms with Gasteiger partial charge >= 0.3 is 0 Å². The van der Waals surface area contributed by atoms with Gasteiger partial charge in [0.05, 0.1) is 12.8 Å². The van der Waals surface area contributed by atoms with Gasteiger partial charge in [-0.15, -0.1) is 0 Å². The number of pyridine rings is 2. The number of nitrogens with zero attached hydrogens (tertiary/aromatic N) is 4. The summed E-state index contributed by atoms with van der Waals surface area (Å²) in [6, 6.07) is 11.3. The maximum atomic E-state index is 8.84. The van der Waals surface area contributed by atoms with Crippen molar-refractivity contribution in [1.29, 1.82) is 5.26 Å². The first-order valence-corrected chi connectivity index (χ1v) is 6.50. The van der Waals surface area contributed by atoms with Crippen LogP contribution in [0.1, 0.15) is 5.69 Å². The van der Waals surface area contributed by atoms with E-state index in [1.165, 1.54) is 0 Å². The summed E-state index contributed by atoms with van der Waals surface area (Å²) in [4.78, 5) is 10.4. The van der Waals surface area contributed by atoms with Crippen molar-refractivity contribution >= 4 is 5.82 Å². The van der Waals surface area contributed by atoms with E-state index in [4.69, 9.17) is 10.00 Å². The van der Waals surface area contributed by atoms with Crippen LogP contribution in [0.4, 0.5) is 5.82 Å². The lowest BCUT2D eigenvalue weighted by Gasteiger charge is -2.39. The van der Waals surface area contributed by atoms with Crippen LogP contribution in [-0.2, 0) is 0 Å². The van der Waals surface area contributed by atoms with E-state index >= 15 is 0 Å². The molecule has 0 bridgehead atoms. The lowest BCUT2D eigenvalue weighted by molar-refractivity contribution is 0.219. The smallest absolute Gasteiger partial charge is 0.142 e. The lowest BCUT2D eigenvalue weighted by Crippen LogP contribution is -2.49. The fraction of sp³-hybridized carbons (Fsp3) is 0.267. The molecule has 0 radical (unpaired) electrons. The van der Waals surface area contributed by atoms with Crippen LogP contribution < -0.4 is 9.64 Å². The van der Waals surface area contributed by atoms with Gasteiger partial charge in [-0.05, 0) is 24.3 Å². The Kier molecular flexibility index (Phi) is 3.46. The Balaban J connectivity index is 1.50. The standard InChI is InChI=1S/C15H14N4O/c16-7-13-3-1-5-15(18-13)19-9-12(10-19)11-20-14-4-2-6-17-8-14/h1-6,8,12H,9-11H2. The summed E-state index contributed by atoms with van der Waals surface area (Å²) >= 11 is 0. The van der Waals surface area contributed by atoms with Crippen LogP contribution >= 0.6 is 0 Å². The van der Waals surface area contributed by atoms with Crippen molar-refractivity contribution in [3.05, 3.63) is 48.4 Å². The van der Waals surface area contributed by atoms with Crippen molar-refractivity contribution in [2.45, 2.75) is 0 Å². The maximum Gasteiger partial charge on any atom is 0.142 e. The van der Waals surface area contributed by atoms with Crippen molar-refractivity contribution in [3.8, 4) is 11.8 Å². The molecule has 2 aromatic rings. The van der Waals surface area contributed by atoms with E-state index in [0.29, 0.717) is 18.2 Å². The van der Waals surface area contributed by atoms with Gasteiger partial charge in [0.1, 0.15) is 23.3 Å². The monoisotopic (exact) mass is 266 g/mol. The van der Waals surface area contributed by atoms with Crippen molar-refractivity contribution in [3.63, 3.8) is 0 Å². The molecule has 3 rings (SSSR count). The minimum Gasteiger partial charge on any atom is -0.492 e. The fourth-order valence-electron chi connectivity index (χ4n) is 2.17. The first kappa shape index (κ1) is 12.4. The quantitative estimate of drug-likeness (QED) is 0.845. The zero-order chi connectivity index (χ0) is 13.8. The van der Waals surface area contributed by atoms with E-state index in [1.807, 2.05) is 24.3 Å². The first-order chi connectivity index (χ1) is 9.85. The molecule has 5 heteroatoms. The highest BCUT2D eigenvalue weighted by atomic mass is 16.5. The molecule has 0 unspecified atom stereocenters. The Morgan fingerprint density at radius 1 is 1.30 bits per heavy atom.